The molecule has 0 radical (unpaired) electrons. The zero-order valence-corrected chi connectivity index (χ0v) is 15.5. The maximum Gasteiger partial charge on any atom is 0.337 e. The Hall–Kier alpha value is -2.61. The van der Waals surface area contributed by atoms with E-state index in [9.17, 15) is 14.4 Å². The van der Waals surface area contributed by atoms with Crippen LogP contribution < -0.4 is 5.32 Å². The van der Waals surface area contributed by atoms with Crippen LogP contribution >= 0.6 is 0 Å². The number of hydrogen-bond donors (Lipinski definition) is 1. The summed E-state index contributed by atoms with van der Waals surface area (Å²) in [6.45, 7) is 10.7. The molecular formula is C20H23FN2O2. The predicted molar refractivity (Wildman–Crippen MR) is 93.7 cm³/mol. The summed E-state index contributed by atoms with van der Waals surface area (Å²) >= 11 is 0. The van der Waals surface area contributed by atoms with E-state index >= 15 is 0 Å². The van der Waals surface area contributed by atoms with Crippen LogP contribution in [-0.4, -0.2) is 11.6 Å². The highest BCUT2D eigenvalue weighted by molar-refractivity contribution is 5.94. The quantitative estimate of drug-likeness (QED) is 0.822. The van der Waals surface area contributed by atoms with Crippen molar-refractivity contribution in [1.29, 1.82) is 5.26 Å². The van der Waals surface area contributed by atoms with Crippen molar-refractivity contribution in [1.82, 2.24) is 5.32 Å². The van der Waals surface area contributed by atoms with Crippen LogP contribution in [0.4, 0.5) is 4.39 Å². The molecule has 0 spiro atoms. The lowest BCUT2D eigenvalue weighted by Gasteiger charge is -2.38. The Morgan fingerprint density at radius 1 is 1.20 bits per heavy atom. The fourth-order valence-electron chi connectivity index (χ4n) is 3.24. The molecule has 25 heavy (non-hydrogen) atoms. The van der Waals surface area contributed by atoms with Gasteiger partial charge < -0.3 is 10.1 Å². The lowest BCUT2D eigenvalue weighted by molar-refractivity contribution is -0.150. The molecule has 0 saturated heterocycles. The molecule has 1 aliphatic heterocycles. The first kappa shape index (κ1) is 18.7. The second kappa shape index (κ2) is 6.36. The van der Waals surface area contributed by atoms with Crippen molar-refractivity contribution in [3.8, 4) is 6.07 Å². The highest BCUT2D eigenvalue weighted by Gasteiger charge is 2.45. The number of dihydropyridines is 1. The third kappa shape index (κ3) is 3.43. The number of carbonyl (C=O) groups excluding carboxylic acids is 1. The topological polar surface area (TPSA) is 62.1 Å². The molecule has 0 amide bonds. The van der Waals surface area contributed by atoms with Crippen LogP contribution in [0.5, 0.6) is 0 Å². The number of ether oxygens (including phenoxy) is 1. The summed E-state index contributed by atoms with van der Waals surface area (Å²) in [7, 11) is 0. The van der Waals surface area contributed by atoms with E-state index in [-0.39, 0.29) is 5.82 Å². The minimum absolute atomic E-state index is 0.358. The first-order chi connectivity index (χ1) is 11.5. The molecular weight excluding hydrogens is 319 g/mol. The number of hydrogen-bond acceptors (Lipinski definition) is 4. The number of nitrogens with one attached hydrogen (secondary N) is 1. The summed E-state index contributed by atoms with van der Waals surface area (Å²) in [6.07, 6.45) is 0. The van der Waals surface area contributed by atoms with Crippen LogP contribution in [0.3, 0.4) is 0 Å². The Labute approximate surface area is 148 Å². The van der Waals surface area contributed by atoms with Crippen molar-refractivity contribution in [2.75, 3.05) is 0 Å². The van der Waals surface area contributed by atoms with Crippen molar-refractivity contribution < 1.29 is 13.9 Å². The number of benzene rings is 1. The fraction of sp³-hybridized carbons (Fsp3) is 0.400. The van der Waals surface area contributed by atoms with E-state index < -0.39 is 17.0 Å². The van der Waals surface area contributed by atoms with E-state index in [0.29, 0.717) is 28.1 Å². The minimum atomic E-state index is -1.02. The van der Waals surface area contributed by atoms with E-state index in [1.54, 1.807) is 53.7 Å². The molecule has 1 unspecified atom stereocenters. The highest BCUT2D eigenvalue weighted by atomic mass is 19.1. The molecule has 1 atom stereocenters. The first-order valence-electron chi connectivity index (χ1n) is 8.10. The van der Waals surface area contributed by atoms with Gasteiger partial charge in [-0.15, -0.1) is 0 Å². The predicted octanol–water partition coefficient (Wildman–Crippen LogP) is 4.10. The number of esters is 1. The van der Waals surface area contributed by atoms with Crippen molar-refractivity contribution in [3.63, 3.8) is 0 Å². The molecule has 5 heteroatoms. The molecule has 0 bridgehead atoms. The zero-order valence-electron chi connectivity index (χ0n) is 15.5. The van der Waals surface area contributed by atoms with Gasteiger partial charge in [0, 0.05) is 11.4 Å². The lowest BCUT2D eigenvalue weighted by atomic mass is 9.67. The van der Waals surface area contributed by atoms with E-state index in [1.165, 1.54) is 12.1 Å². The van der Waals surface area contributed by atoms with Crippen LogP contribution in [0, 0.1) is 17.1 Å². The maximum absolute atomic E-state index is 13.4. The van der Waals surface area contributed by atoms with Gasteiger partial charge in [0.2, 0.25) is 0 Å². The Morgan fingerprint density at radius 3 is 2.24 bits per heavy atom. The normalized spacial score (nSPS) is 20.9. The van der Waals surface area contributed by atoms with Gasteiger partial charge in [0.1, 0.15) is 11.4 Å². The average Bonchev–Trinajstić information content (AvgIpc) is 2.45. The number of nitriles is 1. The molecule has 1 aromatic carbocycles. The molecule has 0 aliphatic carbocycles. The van der Waals surface area contributed by atoms with Crippen LogP contribution in [0.2, 0.25) is 0 Å². The van der Waals surface area contributed by atoms with Gasteiger partial charge in [0.05, 0.1) is 22.6 Å². The molecule has 1 aliphatic rings. The van der Waals surface area contributed by atoms with Crippen LogP contribution in [0.15, 0.2) is 46.8 Å². The van der Waals surface area contributed by atoms with Crippen molar-refractivity contribution in [2.45, 2.75) is 52.6 Å². The number of rotatable bonds is 2. The summed E-state index contributed by atoms with van der Waals surface area (Å²) in [5.41, 5.74) is 1.02. The largest absolute Gasteiger partial charge is 0.457 e. The second-order valence-electron chi connectivity index (χ2n) is 7.37. The van der Waals surface area contributed by atoms with Gasteiger partial charge in [-0.25, -0.2) is 9.18 Å². The van der Waals surface area contributed by atoms with E-state index in [1.807, 2.05) is 0 Å². The number of halogens is 1. The minimum Gasteiger partial charge on any atom is -0.457 e. The van der Waals surface area contributed by atoms with Gasteiger partial charge in [0.15, 0.2) is 0 Å². The van der Waals surface area contributed by atoms with Gasteiger partial charge in [-0.05, 0) is 59.2 Å². The van der Waals surface area contributed by atoms with Gasteiger partial charge in [0.25, 0.3) is 0 Å². The maximum atomic E-state index is 13.4. The van der Waals surface area contributed by atoms with E-state index in [0.717, 1.165) is 0 Å². The fourth-order valence-corrected chi connectivity index (χ4v) is 3.24. The van der Waals surface area contributed by atoms with Crippen LogP contribution in [0.25, 0.3) is 0 Å². The number of nitrogens with zero attached hydrogens (tertiary/aromatic N) is 1. The van der Waals surface area contributed by atoms with Gasteiger partial charge in [-0.3, -0.25) is 0 Å². The Kier molecular flexibility index (Phi) is 4.76. The molecule has 0 fully saturated rings. The highest BCUT2D eigenvalue weighted by Crippen LogP contribution is 2.44. The Bertz CT molecular complexity index is 808. The van der Waals surface area contributed by atoms with Crippen molar-refractivity contribution >= 4 is 5.97 Å². The molecule has 4 nitrogen and oxygen atoms in total. The molecule has 132 valence electrons. The van der Waals surface area contributed by atoms with Crippen LogP contribution in [-0.2, 0) is 14.9 Å². The smallest absolute Gasteiger partial charge is 0.337 e. The number of carbonyl (C=O) groups is 1. The molecule has 2 rings (SSSR count). The molecule has 0 saturated carbocycles. The monoisotopic (exact) mass is 342 g/mol. The van der Waals surface area contributed by atoms with Gasteiger partial charge in [-0.1, -0.05) is 12.1 Å². The van der Waals surface area contributed by atoms with Crippen molar-refractivity contribution in [3.05, 3.63) is 58.2 Å². The van der Waals surface area contributed by atoms with Crippen molar-refractivity contribution in [2.24, 2.45) is 0 Å². The lowest BCUT2D eigenvalue weighted by Crippen LogP contribution is -2.41. The van der Waals surface area contributed by atoms with Gasteiger partial charge in [-0.2, -0.15) is 5.26 Å². The first-order valence-corrected chi connectivity index (χ1v) is 8.10. The zero-order chi connectivity index (χ0) is 19.0. The Morgan fingerprint density at radius 2 is 1.76 bits per heavy atom. The standard InChI is InChI=1S/C20H23FN2O2/c1-12-16(11-22)20(6,14-7-9-15(21)10-8-14)17(13(2)23-12)18(24)25-19(3,4)5/h7-10,23H,1-6H3. The molecule has 1 N–H and O–H groups in total. The third-order valence-corrected chi connectivity index (χ3v) is 4.26. The van der Waals surface area contributed by atoms with Crippen LogP contribution in [0.1, 0.15) is 47.1 Å². The summed E-state index contributed by atoms with van der Waals surface area (Å²) in [5.74, 6) is -0.871. The van der Waals surface area contributed by atoms with Gasteiger partial charge >= 0.3 is 5.97 Å². The Balaban J connectivity index is 2.70. The summed E-state index contributed by atoms with van der Waals surface area (Å²) in [6, 6.07) is 8.06. The molecule has 1 aromatic rings. The summed E-state index contributed by atoms with van der Waals surface area (Å²) in [5, 5.41) is 12.8. The molecule has 0 aromatic heterocycles. The van der Waals surface area contributed by atoms with E-state index in [2.05, 4.69) is 11.4 Å². The average molecular weight is 342 g/mol. The molecule has 1 heterocycles. The SMILES string of the molecule is CC1=C(C#N)C(C)(c2ccc(F)cc2)C(C(=O)OC(C)(C)C)=C(C)N1. The summed E-state index contributed by atoms with van der Waals surface area (Å²) < 4.78 is 19.0. The second-order valence-corrected chi connectivity index (χ2v) is 7.37. The third-order valence-electron chi connectivity index (χ3n) is 4.26. The van der Waals surface area contributed by atoms with E-state index in [4.69, 9.17) is 4.74 Å². The summed E-state index contributed by atoms with van der Waals surface area (Å²) in [4.78, 5) is 12.9. The number of allylic oxidation sites excluding steroid dienone is 3.